The topological polar surface area (TPSA) is 243 Å². The first-order chi connectivity index (χ1) is 66.1. The molecule has 1 saturated carbocycles. The van der Waals surface area contributed by atoms with E-state index in [1.807, 2.05) is 74.5 Å². The smallest absolute Gasteiger partial charge is 0.119 e. The Kier molecular flexibility index (Phi) is 79.2. The average molecular weight is 1900 g/mol. The van der Waals surface area contributed by atoms with Gasteiger partial charge >= 0.3 is 0 Å². The van der Waals surface area contributed by atoms with Crippen LogP contribution in [0, 0.1) is 16.7 Å². The Labute approximate surface area is 826 Å². The summed E-state index contributed by atoms with van der Waals surface area (Å²) in [5.74, 6) is 7.35. The van der Waals surface area contributed by atoms with Gasteiger partial charge in [-0.15, -0.1) is 0 Å². The van der Waals surface area contributed by atoms with E-state index in [4.69, 9.17) is 87.9 Å². The molecular weight excluding hydrogens is 1710 g/mol. The molecule has 0 spiro atoms. The molecule has 0 amide bonds. The van der Waals surface area contributed by atoms with E-state index in [1.54, 1.807) is 7.11 Å². The van der Waals surface area contributed by atoms with Gasteiger partial charge in [-0.2, -0.15) is 0 Å². The number of hydrogen-bond acceptors (Lipinski definition) is 18. The van der Waals surface area contributed by atoms with Gasteiger partial charge < -0.3 is 87.9 Å². The molecular formula is C118H190O18. The molecule has 0 unspecified atom stereocenters. The number of ether oxygens (including phenoxy) is 11. The van der Waals surface area contributed by atoms with Crippen molar-refractivity contribution in [2.24, 2.45) is 16.7 Å². The summed E-state index contributed by atoms with van der Waals surface area (Å²) in [6.07, 6.45) is 46.1. The molecule has 7 aromatic carbocycles. The molecule has 0 bridgehead atoms. The van der Waals surface area contributed by atoms with Crippen molar-refractivity contribution in [1.82, 2.24) is 0 Å². The van der Waals surface area contributed by atoms with Gasteiger partial charge in [-0.3, -0.25) is 0 Å². The van der Waals surface area contributed by atoms with Gasteiger partial charge in [0.05, 0.1) is 78.8 Å². The monoisotopic (exact) mass is 1900 g/mol. The highest BCUT2D eigenvalue weighted by Crippen LogP contribution is 2.30. The first-order valence-corrected chi connectivity index (χ1v) is 52.3. The molecule has 0 aliphatic heterocycles. The van der Waals surface area contributed by atoms with Gasteiger partial charge in [-0.1, -0.05) is 222 Å². The van der Waals surface area contributed by atoms with E-state index in [9.17, 15) is 0 Å². The summed E-state index contributed by atoms with van der Waals surface area (Å²) < 4.78 is 60.7. The SMILES string of the molecule is CC(C)(C)CCOc1ccc(CCCCO)cc1.CC(C)(C)COc1ccc(CCCCO)cc1.CC(C)=CCOc1ccc(CCCCO)cc1.CC(C)Oc1ccc(CCCCO)cc1.CCCCCCCCCCCCCCCCOc1ccc(CCCCO)cc1.COCCOCCOCCOCCOc1ccc(CCCCO)cc1.OCCCCc1ccc(OCC2CC2)cc1. The quantitative estimate of drug-likeness (QED) is 0.0138. The number of allylic oxidation sites excluding steroid dienone is 1. The minimum atomic E-state index is 0.194. The highest BCUT2D eigenvalue weighted by molar-refractivity contribution is 5.33. The van der Waals surface area contributed by atoms with Gasteiger partial charge in [0.15, 0.2) is 0 Å². The van der Waals surface area contributed by atoms with Gasteiger partial charge in [-0.05, 0) is 335 Å². The predicted octanol–water partition coefficient (Wildman–Crippen LogP) is 26.1. The molecule has 0 radical (unpaired) electrons. The number of aliphatic hydroxyl groups excluding tert-OH is 7. The highest BCUT2D eigenvalue weighted by Gasteiger charge is 2.22. The van der Waals surface area contributed by atoms with Gasteiger partial charge in [-0.25, -0.2) is 0 Å². The Morgan fingerprint density at radius 1 is 0.294 bits per heavy atom. The Bertz CT molecular complexity index is 3740. The number of aliphatic hydroxyl groups is 7. The summed E-state index contributed by atoms with van der Waals surface area (Å²) >= 11 is 0. The van der Waals surface area contributed by atoms with Crippen LogP contribution in [0.25, 0.3) is 0 Å². The maximum absolute atomic E-state index is 8.83. The lowest BCUT2D eigenvalue weighted by molar-refractivity contribution is 0.000163. The fourth-order valence-corrected chi connectivity index (χ4v) is 13.6. The second-order valence-corrected chi connectivity index (χ2v) is 38.4. The first kappa shape index (κ1) is 125. The molecule has 136 heavy (non-hydrogen) atoms. The lowest BCUT2D eigenvalue weighted by Gasteiger charge is -2.18. The molecule has 0 heterocycles. The summed E-state index contributed by atoms with van der Waals surface area (Å²) in [6.45, 7) is 33.9. The van der Waals surface area contributed by atoms with Crippen LogP contribution in [-0.4, -0.2) is 181 Å². The van der Waals surface area contributed by atoms with E-state index >= 15 is 0 Å². The Morgan fingerprint density at radius 2 is 0.559 bits per heavy atom. The van der Waals surface area contributed by atoms with Crippen molar-refractivity contribution in [2.45, 2.75) is 326 Å². The third-order valence-corrected chi connectivity index (χ3v) is 22.1. The number of hydrogen-bond donors (Lipinski definition) is 7. The first-order valence-electron chi connectivity index (χ1n) is 52.3. The molecule has 1 aliphatic rings. The van der Waals surface area contributed by atoms with Crippen LogP contribution in [0.5, 0.6) is 40.2 Å². The van der Waals surface area contributed by atoms with Crippen LogP contribution in [0.1, 0.15) is 314 Å². The lowest BCUT2D eigenvalue weighted by atomic mass is 9.93. The van der Waals surface area contributed by atoms with Crippen LogP contribution in [0.4, 0.5) is 0 Å². The average Bonchev–Trinajstić information content (AvgIpc) is 1.85. The van der Waals surface area contributed by atoms with Crippen molar-refractivity contribution >= 4 is 0 Å². The number of rotatable bonds is 70. The fraction of sp³-hybridized carbons (Fsp3) is 0.627. The third-order valence-electron chi connectivity index (χ3n) is 22.1. The van der Waals surface area contributed by atoms with Crippen LogP contribution >= 0.6 is 0 Å². The lowest BCUT2D eigenvalue weighted by Crippen LogP contribution is -2.16. The number of methoxy groups -OCH3 is 1. The van der Waals surface area contributed by atoms with E-state index in [-0.39, 0.29) is 44.6 Å². The van der Waals surface area contributed by atoms with Gasteiger partial charge in [0, 0.05) is 53.4 Å². The maximum Gasteiger partial charge on any atom is 0.119 e. The summed E-state index contributed by atoms with van der Waals surface area (Å²) in [4.78, 5) is 0. The Hall–Kier alpha value is -7.56. The van der Waals surface area contributed by atoms with E-state index < -0.39 is 0 Å². The van der Waals surface area contributed by atoms with Gasteiger partial charge in [0.25, 0.3) is 0 Å². The van der Waals surface area contributed by atoms with Crippen molar-refractivity contribution < 1.29 is 87.9 Å². The molecule has 0 saturated heterocycles. The normalized spacial score (nSPS) is 11.5. The molecule has 7 N–H and O–H groups in total. The Morgan fingerprint density at radius 3 is 0.838 bits per heavy atom. The molecule has 18 nitrogen and oxygen atoms in total. The van der Waals surface area contributed by atoms with E-state index in [2.05, 4.69) is 178 Å². The molecule has 0 atom stereocenters. The molecule has 7 aromatic rings. The largest absolute Gasteiger partial charge is 0.494 e. The van der Waals surface area contributed by atoms with E-state index in [0.717, 1.165) is 220 Å². The van der Waals surface area contributed by atoms with Crippen molar-refractivity contribution in [2.75, 3.05) is 139 Å². The summed E-state index contributed by atoms with van der Waals surface area (Å²) in [5, 5.41) is 61.1. The van der Waals surface area contributed by atoms with Crippen LogP contribution in [0.3, 0.4) is 0 Å². The standard InChI is InChI=1S/C26H46O2.C19H32O6.C16H26O2.C15H24O2.C15H22O2.C14H20O2.C13H20O2/c1-2-3-4-5-6-7-8-9-10-11-12-13-14-17-24-28-26-21-19-25(20-22-26)18-15-16-23-27;1-21-10-11-22-12-13-23-14-15-24-16-17-25-19-7-5-18(6-8-19)4-2-3-9-20;1-16(2,3)11-13-18-15-9-7-14(8-10-15)6-4-5-12-17;1-15(2,3)12-17-14-9-7-13(8-10-14)6-4-5-11-16;1-13(2)10-12-17-15-8-6-14(7-9-15)5-3-4-11-16;15-10-2-1-3-12-6-8-14(9-7-12)16-11-13-4-5-13;1-11(2)15-13-8-6-12(7-9-13)5-3-4-10-14/h19-22,27H,2-18,23-24H2,1H3;5-8,20H,2-4,9-17H2,1H3;7-10,17H,4-6,11-13H2,1-3H3;7-10,16H,4-6,11-12H2,1-3H3;6-10,16H,3-5,11-12H2,1-2H3;6-9,13,15H,1-5,10-11H2;6-9,11,14H,3-5,10H2,1-2H3. The number of benzene rings is 7. The van der Waals surface area contributed by atoms with Crippen molar-refractivity contribution in [3.05, 3.63) is 220 Å². The molecule has 8 rings (SSSR count). The predicted molar refractivity (Wildman–Crippen MR) is 564 cm³/mol. The zero-order chi connectivity index (χ0) is 99.1. The molecule has 18 heteroatoms. The van der Waals surface area contributed by atoms with Crippen molar-refractivity contribution in [3.63, 3.8) is 0 Å². The van der Waals surface area contributed by atoms with Crippen LogP contribution in [0.2, 0.25) is 0 Å². The van der Waals surface area contributed by atoms with Crippen LogP contribution in [0.15, 0.2) is 182 Å². The Balaban J connectivity index is 0.000000543. The fourth-order valence-electron chi connectivity index (χ4n) is 13.6. The zero-order valence-corrected chi connectivity index (χ0v) is 87.0. The molecule has 1 fully saturated rings. The van der Waals surface area contributed by atoms with Crippen molar-refractivity contribution in [3.8, 4) is 40.2 Å². The van der Waals surface area contributed by atoms with E-state index in [0.29, 0.717) is 78.1 Å². The second kappa shape index (κ2) is 86.5. The molecule has 1 aliphatic carbocycles. The molecule has 770 valence electrons. The number of aryl methyl sites for hydroxylation is 7. The minimum absolute atomic E-state index is 0.194. The third kappa shape index (κ3) is 78.3. The van der Waals surface area contributed by atoms with Gasteiger partial charge in [0.2, 0.25) is 0 Å². The van der Waals surface area contributed by atoms with Crippen LogP contribution < -0.4 is 33.2 Å². The summed E-state index contributed by atoms with van der Waals surface area (Å²) in [7, 11) is 1.65. The van der Waals surface area contributed by atoms with Crippen molar-refractivity contribution in [1.29, 1.82) is 0 Å². The highest BCUT2D eigenvalue weighted by atomic mass is 16.6. The summed E-state index contributed by atoms with van der Waals surface area (Å²) in [5.41, 5.74) is 10.9. The number of unbranched alkanes of at least 4 members (excludes halogenated alkanes) is 20. The maximum atomic E-state index is 8.83. The van der Waals surface area contributed by atoms with E-state index in [1.165, 1.54) is 141 Å². The minimum Gasteiger partial charge on any atom is -0.494 e. The molecule has 0 aromatic heterocycles. The second-order valence-electron chi connectivity index (χ2n) is 38.4. The van der Waals surface area contributed by atoms with Crippen LogP contribution in [-0.2, 0) is 63.9 Å². The zero-order valence-electron chi connectivity index (χ0n) is 87.0. The summed E-state index contributed by atoms with van der Waals surface area (Å²) in [6, 6.07) is 57.9. The van der Waals surface area contributed by atoms with Gasteiger partial charge in [0.1, 0.15) is 53.5 Å².